The van der Waals surface area contributed by atoms with Gasteiger partial charge in [-0.1, -0.05) is 70.0 Å². The fraction of sp³-hybridized carbons (Fsp3) is 0.207. The molecule has 0 radical (unpaired) electrons. The first-order valence-electron chi connectivity index (χ1n) is 11.1. The summed E-state index contributed by atoms with van der Waals surface area (Å²) in [5.41, 5.74) is 7.37. The number of benzene rings is 3. The molecule has 6 rings (SSSR count). The number of aliphatic imine (C=N–C) groups is 1. The largest absolute Gasteiger partial charge is 0.269 e. The van der Waals surface area contributed by atoms with Crippen LogP contribution in [0.25, 0.3) is 17.7 Å². The third-order valence-corrected chi connectivity index (χ3v) is 7.00. The molecule has 0 amide bonds. The molecule has 0 N–H and O–H groups in total. The van der Waals surface area contributed by atoms with E-state index < -0.39 is 0 Å². The minimum absolute atomic E-state index is 0.948. The average molecular weight is 468 g/mol. The number of nitrogens with zero attached hydrogens (tertiary/aromatic N) is 1. The molecule has 2 aliphatic carbocycles. The highest BCUT2D eigenvalue weighted by atomic mass is 79.9. The van der Waals surface area contributed by atoms with Crippen molar-refractivity contribution in [3.63, 3.8) is 0 Å². The van der Waals surface area contributed by atoms with E-state index in [1.807, 2.05) is 18.5 Å². The summed E-state index contributed by atoms with van der Waals surface area (Å²) in [5, 5.41) is 5.72. The molecule has 0 aromatic heterocycles. The van der Waals surface area contributed by atoms with Gasteiger partial charge < -0.3 is 0 Å². The zero-order chi connectivity index (χ0) is 21.2. The van der Waals surface area contributed by atoms with Crippen molar-refractivity contribution in [2.45, 2.75) is 39.0 Å². The van der Waals surface area contributed by atoms with Gasteiger partial charge in [0.2, 0.25) is 0 Å². The van der Waals surface area contributed by atoms with Gasteiger partial charge in [-0.05, 0) is 93.9 Å². The van der Waals surface area contributed by atoms with Crippen LogP contribution in [0.2, 0.25) is 0 Å². The third kappa shape index (κ3) is 4.09. The molecule has 154 valence electrons. The number of hydrogen-bond donors (Lipinski definition) is 0. The number of hydrogen-bond acceptors (Lipinski definition) is 1. The maximum atomic E-state index is 4.08. The van der Waals surface area contributed by atoms with Crippen LogP contribution in [0.3, 0.4) is 0 Å². The first kappa shape index (κ1) is 20.2. The van der Waals surface area contributed by atoms with Crippen LogP contribution in [0.15, 0.2) is 70.3 Å². The summed E-state index contributed by atoms with van der Waals surface area (Å²) in [6.45, 7) is 2.29. The Hall–Kier alpha value is -2.71. The van der Waals surface area contributed by atoms with E-state index in [0.29, 0.717) is 0 Å². The molecule has 0 atom stereocenters. The number of halogens is 1. The molecule has 0 spiro atoms. The summed E-state index contributed by atoms with van der Waals surface area (Å²) in [4.78, 5) is 4.08. The second kappa shape index (κ2) is 8.80. The second-order valence-corrected chi connectivity index (χ2v) is 9.36. The van der Waals surface area contributed by atoms with Crippen LogP contribution in [-0.2, 0) is 19.3 Å². The van der Waals surface area contributed by atoms with Crippen molar-refractivity contribution >= 4 is 39.9 Å². The van der Waals surface area contributed by atoms with Gasteiger partial charge in [0.1, 0.15) is 0 Å². The first-order chi connectivity index (χ1) is 15.2. The molecule has 1 nitrogen and oxygen atoms in total. The Morgan fingerprint density at radius 1 is 0.839 bits per heavy atom. The molecule has 31 heavy (non-hydrogen) atoms. The van der Waals surface area contributed by atoms with Crippen molar-refractivity contribution in [1.29, 1.82) is 0 Å². The lowest BCUT2D eigenvalue weighted by Gasteiger charge is -2.18. The van der Waals surface area contributed by atoms with Crippen LogP contribution in [-0.4, -0.2) is 6.21 Å². The SMILES string of the molecule is C1=Cc2ccccc2CC=N1.CC1=c2ccc3c(c2CCC1)CC=c1cc(Br)ccc1=3. The van der Waals surface area contributed by atoms with Gasteiger partial charge in [0.15, 0.2) is 0 Å². The molecule has 3 aromatic rings. The van der Waals surface area contributed by atoms with Crippen molar-refractivity contribution in [1.82, 2.24) is 0 Å². The van der Waals surface area contributed by atoms with Gasteiger partial charge in [0.25, 0.3) is 0 Å². The highest BCUT2D eigenvalue weighted by molar-refractivity contribution is 9.10. The summed E-state index contributed by atoms with van der Waals surface area (Å²) < 4.78 is 1.16. The maximum absolute atomic E-state index is 4.08. The molecule has 0 unspecified atom stereocenters. The molecule has 3 aromatic carbocycles. The normalized spacial score (nSPS) is 15.4. The predicted molar refractivity (Wildman–Crippen MR) is 135 cm³/mol. The minimum atomic E-state index is 0.948. The molecular weight excluding hydrogens is 442 g/mol. The highest BCUT2D eigenvalue weighted by Gasteiger charge is 2.13. The summed E-state index contributed by atoms with van der Waals surface area (Å²) >= 11 is 3.57. The van der Waals surface area contributed by atoms with Crippen LogP contribution in [0.1, 0.15) is 42.0 Å². The molecule has 1 aliphatic heterocycles. The Kier molecular flexibility index (Phi) is 5.74. The molecule has 1 heterocycles. The van der Waals surface area contributed by atoms with E-state index in [9.17, 15) is 0 Å². The van der Waals surface area contributed by atoms with Gasteiger partial charge in [-0.3, -0.25) is 4.99 Å². The Bertz CT molecular complexity index is 1430. The standard InChI is InChI=1S/C19H17Br.C10H9N/c1-12-3-2-4-17-15(12)9-10-18-16-8-6-14(20)11-13(16)5-7-19(17)18;1-2-4-10-6-8-11-7-5-9(10)3-1/h5-6,8-11H,2-4,7H2,1H3;1-5,7-8H,6H2. The zero-order valence-electron chi connectivity index (χ0n) is 17.9. The van der Waals surface area contributed by atoms with Crippen LogP contribution >= 0.6 is 15.9 Å². The molecule has 3 aliphatic rings. The summed E-state index contributed by atoms with van der Waals surface area (Å²) in [6, 6.07) is 19.7. The summed E-state index contributed by atoms with van der Waals surface area (Å²) in [5.74, 6) is 0. The van der Waals surface area contributed by atoms with E-state index in [1.54, 1.807) is 16.7 Å². The zero-order valence-corrected chi connectivity index (χ0v) is 19.5. The number of rotatable bonds is 0. The summed E-state index contributed by atoms with van der Waals surface area (Å²) in [7, 11) is 0. The lowest BCUT2D eigenvalue weighted by Crippen LogP contribution is -2.21. The molecule has 0 bridgehead atoms. The van der Waals surface area contributed by atoms with Crippen molar-refractivity contribution in [3.05, 3.63) is 108 Å². The second-order valence-electron chi connectivity index (χ2n) is 8.44. The number of fused-ring (bicyclic) bond motifs is 5. The predicted octanol–water partition coefficient (Wildman–Crippen LogP) is 5.86. The molecule has 0 saturated carbocycles. The van der Waals surface area contributed by atoms with Crippen LogP contribution in [0, 0.1) is 10.4 Å². The van der Waals surface area contributed by atoms with E-state index in [2.05, 4.69) is 88.5 Å². The summed E-state index contributed by atoms with van der Waals surface area (Å²) in [6.07, 6.45) is 14.0. The van der Waals surface area contributed by atoms with Gasteiger partial charge in [0, 0.05) is 23.3 Å². The van der Waals surface area contributed by atoms with Gasteiger partial charge in [-0.2, -0.15) is 0 Å². The highest BCUT2D eigenvalue weighted by Crippen LogP contribution is 2.21. The van der Waals surface area contributed by atoms with E-state index >= 15 is 0 Å². The van der Waals surface area contributed by atoms with E-state index in [1.165, 1.54) is 51.3 Å². The quantitative estimate of drug-likeness (QED) is 0.392. The molecular formula is C29H26BrN. The van der Waals surface area contributed by atoms with E-state index in [-0.39, 0.29) is 0 Å². The van der Waals surface area contributed by atoms with Gasteiger partial charge >= 0.3 is 0 Å². The lowest BCUT2D eigenvalue weighted by atomic mass is 9.86. The van der Waals surface area contributed by atoms with Crippen LogP contribution < -0.4 is 10.4 Å². The van der Waals surface area contributed by atoms with Crippen LogP contribution in [0.5, 0.6) is 0 Å². The molecule has 2 heteroatoms. The fourth-order valence-corrected chi connectivity index (χ4v) is 5.29. The van der Waals surface area contributed by atoms with E-state index in [4.69, 9.17) is 0 Å². The Balaban J connectivity index is 0.000000157. The van der Waals surface area contributed by atoms with Crippen molar-refractivity contribution < 1.29 is 0 Å². The first-order valence-corrected chi connectivity index (χ1v) is 11.9. The van der Waals surface area contributed by atoms with Crippen molar-refractivity contribution in [2.24, 2.45) is 4.99 Å². The maximum Gasteiger partial charge on any atom is 0.0270 e. The third-order valence-electron chi connectivity index (χ3n) is 6.51. The minimum Gasteiger partial charge on any atom is -0.269 e. The smallest absolute Gasteiger partial charge is 0.0270 e. The fourth-order valence-electron chi connectivity index (χ4n) is 4.91. The van der Waals surface area contributed by atoms with Crippen molar-refractivity contribution in [2.75, 3.05) is 0 Å². The molecule has 0 fully saturated rings. The topological polar surface area (TPSA) is 12.4 Å². The van der Waals surface area contributed by atoms with Gasteiger partial charge in [0.05, 0.1) is 0 Å². The monoisotopic (exact) mass is 467 g/mol. The Labute approximate surface area is 192 Å². The van der Waals surface area contributed by atoms with Crippen LogP contribution in [0.4, 0.5) is 0 Å². The molecule has 0 saturated heterocycles. The lowest BCUT2D eigenvalue weighted by molar-refractivity contribution is 0.805. The Morgan fingerprint density at radius 2 is 1.68 bits per heavy atom. The Morgan fingerprint density at radius 3 is 2.61 bits per heavy atom. The average Bonchev–Trinajstić information content (AvgIpc) is 3.05. The van der Waals surface area contributed by atoms with Gasteiger partial charge in [-0.25, -0.2) is 0 Å². The van der Waals surface area contributed by atoms with Gasteiger partial charge in [-0.15, -0.1) is 0 Å². The van der Waals surface area contributed by atoms with E-state index in [0.717, 1.165) is 17.3 Å². The van der Waals surface area contributed by atoms with Crippen molar-refractivity contribution in [3.8, 4) is 0 Å².